The first-order valence-electron chi connectivity index (χ1n) is 4.12. The maximum atomic E-state index is 2.42. The zero-order valence-corrected chi connectivity index (χ0v) is 6.65. The lowest BCUT2D eigenvalue weighted by Crippen LogP contribution is -2.01. The van der Waals surface area contributed by atoms with Crippen LogP contribution in [0.2, 0.25) is 0 Å². The fraction of sp³-hybridized carbons (Fsp3) is 1.00. The smallest absolute Gasteiger partial charge is 0.0292 e. The van der Waals surface area contributed by atoms with Gasteiger partial charge in [-0.2, -0.15) is 0 Å². The molecule has 0 aromatic carbocycles. The van der Waals surface area contributed by atoms with Crippen molar-refractivity contribution in [3.05, 3.63) is 0 Å². The van der Waals surface area contributed by atoms with E-state index in [2.05, 4.69) is 20.8 Å². The van der Waals surface area contributed by atoms with Crippen molar-refractivity contribution in [2.45, 2.75) is 33.6 Å². The van der Waals surface area contributed by atoms with Crippen LogP contribution in [0.25, 0.3) is 0 Å². The molecule has 0 nitrogen and oxygen atoms in total. The van der Waals surface area contributed by atoms with Gasteiger partial charge in [0.2, 0.25) is 0 Å². The molecule has 3 atom stereocenters. The van der Waals surface area contributed by atoms with Crippen LogP contribution in [-0.2, 0) is 0 Å². The van der Waals surface area contributed by atoms with E-state index in [1.54, 1.807) is 0 Å². The van der Waals surface area contributed by atoms with Crippen molar-refractivity contribution in [2.24, 2.45) is 23.2 Å². The van der Waals surface area contributed by atoms with E-state index in [1.807, 2.05) is 0 Å². The van der Waals surface area contributed by atoms with E-state index < -0.39 is 0 Å². The van der Waals surface area contributed by atoms with Gasteiger partial charge in [-0.25, -0.2) is 0 Å². The number of hydrogen-bond donors (Lipinski definition) is 0. The first-order valence-corrected chi connectivity index (χ1v) is 4.12. The second-order valence-corrected chi connectivity index (χ2v) is 4.61. The summed E-state index contributed by atoms with van der Waals surface area (Å²) in [6.07, 6.45) is 3.02. The van der Waals surface area contributed by atoms with E-state index in [0.717, 1.165) is 23.2 Å². The summed E-state index contributed by atoms with van der Waals surface area (Å²) in [4.78, 5) is 0. The highest BCUT2D eigenvalue weighted by atomic mass is 14.7. The van der Waals surface area contributed by atoms with E-state index in [9.17, 15) is 0 Å². The molecule has 0 heterocycles. The van der Waals surface area contributed by atoms with E-state index >= 15 is 0 Å². The van der Waals surface area contributed by atoms with Crippen molar-refractivity contribution in [3.8, 4) is 0 Å². The van der Waals surface area contributed by atoms with Crippen molar-refractivity contribution in [1.82, 2.24) is 0 Å². The third-order valence-electron chi connectivity index (χ3n) is 3.60. The summed E-state index contributed by atoms with van der Waals surface area (Å²) in [7, 11) is 0. The molecule has 0 saturated heterocycles. The summed E-state index contributed by atoms with van der Waals surface area (Å²) in [5.41, 5.74) is 0.743. The summed E-state index contributed by atoms with van der Waals surface area (Å²) >= 11 is 0. The van der Waals surface area contributed by atoms with Crippen molar-refractivity contribution in [3.63, 3.8) is 0 Å². The summed E-state index contributed by atoms with van der Waals surface area (Å²) in [6.45, 7) is 7.24. The van der Waals surface area contributed by atoms with Crippen LogP contribution in [0.4, 0.5) is 0 Å². The van der Waals surface area contributed by atoms with Gasteiger partial charge in [-0.1, -0.05) is 20.8 Å². The van der Waals surface area contributed by atoms with Gasteiger partial charge >= 0.3 is 0 Å². The molecule has 2 saturated carbocycles. The van der Waals surface area contributed by atoms with Gasteiger partial charge in [-0.05, 0) is 36.0 Å². The lowest BCUT2D eigenvalue weighted by molar-refractivity contribution is 0.395. The Hall–Kier alpha value is 0. The molecule has 0 N–H and O–H groups in total. The van der Waals surface area contributed by atoms with Gasteiger partial charge in [0.15, 0.2) is 0 Å². The van der Waals surface area contributed by atoms with Crippen molar-refractivity contribution >= 4 is 0 Å². The van der Waals surface area contributed by atoms with Crippen LogP contribution in [0.15, 0.2) is 0 Å². The molecule has 2 unspecified atom stereocenters. The molecular weight excluding hydrogens is 108 g/mol. The average Bonchev–Trinajstić information content (AvgIpc) is 2.27. The standard InChI is InChI=1S/C9H16/c1-6-4-7-8(5-6)9(7,2)3/h6-8H,4-5H2,1-3H3/t6?,7-,8?/m1/s1. The van der Waals surface area contributed by atoms with Gasteiger partial charge in [-0.3, -0.25) is 0 Å². The molecular formula is C9H16. The first kappa shape index (κ1) is 5.76. The Bertz CT molecular complexity index is 121. The molecule has 9 heavy (non-hydrogen) atoms. The van der Waals surface area contributed by atoms with Crippen LogP contribution in [0.5, 0.6) is 0 Å². The Morgan fingerprint density at radius 2 is 1.56 bits per heavy atom. The quantitative estimate of drug-likeness (QED) is 0.465. The van der Waals surface area contributed by atoms with Crippen molar-refractivity contribution in [2.75, 3.05) is 0 Å². The van der Waals surface area contributed by atoms with Crippen LogP contribution < -0.4 is 0 Å². The molecule has 0 amide bonds. The van der Waals surface area contributed by atoms with Gasteiger partial charge in [0.25, 0.3) is 0 Å². The fourth-order valence-electron chi connectivity index (χ4n) is 2.76. The predicted octanol–water partition coefficient (Wildman–Crippen LogP) is 2.69. The van der Waals surface area contributed by atoms with Crippen molar-refractivity contribution in [1.29, 1.82) is 0 Å². The topological polar surface area (TPSA) is 0 Å². The molecule has 0 bridgehead atoms. The number of fused-ring (bicyclic) bond motifs is 1. The zero-order valence-electron chi connectivity index (χ0n) is 6.65. The largest absolute Gasteiger partial charge is 0.0625 e. The Kier molecular flexibility index (Phi) is 0.868. The van der Waals surface area contributed by atoms with Gasteiger partial charge < -0.3 is 0 Å². The molecule has 0 aromatic rings. The molecule has 0 heteroatoms. The van der Waals surface area contributed by atoms with Crippen LogP contribution in [0, 0.1) is 23.2 Å². The minimum absolute atomic E-state index is 0.743. The van der Waals surface area contributed by atoms with Gasteiger partial charge in [0, 0.05) is 0 Å². The van der Waals surface area contributed by atoms with E-state index in [-0.39, 0.29) is 0 Å². The minimum atomic E-state index is 0.743. The summed E-state index contributed by atoms with van der Waals surface area (Å²) in [6, 6.07) is 0. The molecule has 2 aliphatic carbocycles. The maximum absolute atomic E-state index is 2.42. The maximum Gasteiger partial charge on any atom is -0.0292 e. The van der Waals surface area contributed by atoms with Gasteiger partial charge in [0.1, 0.15) is 0 Å². The second kappa shape index (κ2) is 1.36. The molecule has 52 valence electrons. The van der Waals surface area contributed by atoms with Gasteiger partial charge in [0.05, 0.1) is 0 Å². The number of rotatable bonds is 0. The summed E-state index contributed by atoms with van der Waals surface area (Å²) in [5, 5.41) is 0. The Balaban J connectivity index is 2.06. The average molecular weight is 124 g/mol. The zero-order chi connectivity index (χ0) is 6.65. The Morgan fingerprint density at radius 1 is 1.11 bits per heavy atom. The van der Waals surface area contributed by atoms with E-state index in [0.29, 0.717) is 0 Å². The van der Waals surface area contributed by atoms with Crippen LogP contribution in [-0.4, -0.2) is 0 Å². The molecule has 0 radical (unpaired) electrons. The lowest BCUT2D eigenvalue weighted by Gasteiger charge is -2.11. The highest BCUT2D eigenvalue weighted by Crippen LogP contribution is 2.67. The molecule has 0 aromatic heterocycles. The molecule has 0 aliphatic heterocycles. The van der Waals surface area contributed by atoms with Crippen LogP contribution >= 0.6 is 0 Å². The minimum Gasteiger partial charge on any atom is -0.0625 e. The monoisotopic (exact) mass is 124 g/mol. The highest BCUT2D eigenvalue weighted by molar-refractivity contribution is 5.09. The van der Waals surface area contributed by atoms with Crippen LogP contribution in [0.1, 0.15) is 33.6 Å². The van der Waals surface area contributed by atoms with E-state index in [1.165, 1.54) is 12.8 Å². The fourth-order valence-corrected chi connectivity index (χ4v) is 2.76. The Labute approximate surface area is 57.6 Å². The van der Waals surface area contributed by atoms with Crippen LogP contribution in [0.3, 0.4) is 0 Å². The normalized spacial score (nSPS) is 53.0. The first-order chi connectivity index (χ1) is 4.12. The SMILES string of the molecule is CC1CC2[C@@H](C1)C2(C)C. The third-order valence-corrected chi connectivity index (χ3v) is 3.60. The molecule has 2 aliphatic rings. The predicted molar refractivity (Wildman–Crippen MR) is 39.2 cm³/mol. The Morgan fingerprint density at radius 3 is 1.89 bits per heavy atom. The van der Waals surface area contributed by atoms with Crippen molar-refractivity contribution < 1.29 is 0 Å². The molecule has 2 fully saturated rings. The second-order valence-electron chi connectivity index (χ2n) is 4.61. The molecule has 0 spiro atoms. The van der Waals surface area contributed by atoms with E-state index in [4.69, 9.17) is 0 Å². The third kappa shape index (κ3) is 0.595. The highest BCUT2D eigenvalue weighted by Gasteiger charge is 2.60. The van der Waals surface area contributed by atoms with Gasteiger partial charge in [-0.15, -0.1) is 0 Å². The summed E-state index contributed by atoms with van der Waals surface area (Å²) < 4.78 is 0. The molecule has 2 rings (SSSR count). The lowest BCUT2D eigenvalue weighted by atomic mass is 9.95. The summed E-state index contributed by atoms with van der Waals surface area (Å²) in [5.74, 6) is 3.24. The number of hydrogen-bond acceptors (Lipinski definition) is 0.